The van der Waals surface area contributed by atoms with E-state index in [4.69, 9.17) is 15.0 Å². The summed E-state index contributed by atoms with van der Waals surface area (Å²) in [5.41, 5.74) is 10.4. The Morgan fingerprint density at radius 2 is 0.914 bits per heavy atom. The molecule has 0 atom stereocenters. The first kappa shape index (κ1) is 33.1. The lowest BCUT2D eigenvalue weighted by Gasteiger charge is -2.14. The van der Waals surface area contributed by atoms with Crippen molar-refractivity contribution in [3.05, 3.63) is 188 Å². The highest BCUT2D eigenvalue weighted by Crippen LogP contribution is 2.45. The largest absolute Gasteiger partial charge is 0.247 e. The second-order valence-electron chi connectivity index (χ2n) is 14.7. The van der Waals surface area contributed by atoms with E-state index in [-0.39, 0.29) is 0 Å². The Morgan fingerprint density at radius 1 is 0.328 bits per heavy atom. The van der Waals surface area contributed by atoms with Gasteiger partial charge in [-0.05, 0) is 40.6 Å². The van der Waals surface area contributed by atoms with Crippen LogP contribution < -0.4 is 0 Å². The highest BCUT2D eigenvalue weighted by molar-refractivity contribution is 7.27. The van der Waals surface area contributed by atoms with Crippen LogP contribution in [-0.2, 0) is 0 Å². The van der Waals surface area contributed by atoms with Crippen LogP contribution in [0.4, 0.5) is 0 Å². The van der Waals surface area contributed by atoms with E-state index >= 15 is 0 Å². The molecule has 0 aliphatic rings. The Bertz CT molecular complexity index is 3570. The second kappa shape index (κ2) is 13.3. The molecule has 8 aromatic carbocycles. The van der Waals surface area contributed by atoms with Gasteiger partial charge in [-0.15, -0.1) is 22.7 Å². The van der Waals surface area contributed by atoms with Crippen LogP contribution in [0.25, 0.3) is 118 Å². The van der Waals surface area contributed by atoms with E-state index in [1.807, 2.05) is 40.9 Å². The Hall–Kier alpha value is -7.05. The number of pyridine rings is 1. The Balaban J connectivity index is 1.01. The van der Waals surface area contributed by atoms with Gasteiger partial charge in [0.05, 0.1) is 22.6 Å². The van der Waals surface area contributed by atoms with Gasteiger partial charge in [0.1, 0.15) is 0 Å². The van der Waals surface area contributed by atoms with Crippen molar-refractivity contribution in [2.24, 2.45) is 0 Å². The highest BCUT2D eigenvalue weighted by Gasteiger charge is 2.19. The average Bonchev–Trinajstić information content (AvgIpc) is 3.88. The van der Waals surface area contributed by atoms with Crippen LogP contribution in [0.2, 0.25) is 0 Å². The van der Waals surface area contributed by atoms with Crippen LogP contribution in [0.15, 0.2) is 188 Å². The molecule has 5 heteroatoms. The molecule has 0 saturated heterocycles. The van der Waals surface area contributed by atoms with Crippen LogP contribution in [0.3, 0.4) is 0 Å². The molecule has 12 aromatic rings. The van der Waals surface area contributed by atoms with Crippen molar-refractivity contribution in [3.63, 3.8) is 0 Å². The molecule has 4 heterocycles. The fourth-order valence-corrected chi connectivity index (χ4v) is 11.1. The summed E-state index contributed by atoms with van der Waals surface area (Å²) in [7, 11) is 0. The third-order valence-electron chi connectivity index (χ3n) is 11.3. The van der Waals surface area contributed by atoms with Gasteiger partial charge in [-0.1, -0.05) is 164 Å². The van der Waals surface area contributed by atoms with E-state index in [1.54, 1.807) is 0 Å². The normalized spacial score (nSPS) is 11.8. The fraction of sp³-hybridized carbons (Fsp3) is 0. The zero-order valence-electron chi connectivity index (χ0n) is 31.1. The minimum Gasteiger partial charge on any atom is -0.247 e. The standard InChI is InChI=1S/C53H31N3S2/c1-2-13-34(14-3-1)53-55-45(32-25-27-33(28-26-32)50-49-43-19-8-11-24-48(43)58-52(49)42-18-6-9-22-44(42)54-50)31-46(56-53)38-30-29-37(35-15-4-5-16-36(35)38)40-20-12-21-41-39-17-7-10-23-47(39)57-51(40)41/h1-31H. The van der Waals surface area contributed by atoms with Crippen LogP contribution >= 0.6 is 22.7 Å². The highest BCUT2D eigenvalue weighted by atomic mass is 32.1. The van der Waals surface area contributed by atoms with Crippen molar-refractivity contribution < 1.29 is 0 Å². The molecular weight excluding hydrogens is 743 g/mol. The van der Waals surface area contributed by atoms with Gasteiger partial charge >= 0.3 is 0 Å². The maximum absolute atomic E-state index is 5.27. The van der Waals surface area contributed by atoms with E-state index in [0.717, 1.165) is 50.2 Å². The number of aromatic nitrogens is 3. The van der Waals surface area contributed by atoms with Crippen LogP contribution in [0.5, 0.6) is 0 Å². The summed E-state index contributed by atoms with van der Waals surface area (Å²) in [6.45, 7) is 0. The van der Waals surface area contributed by atoms with Gasteiger partial charge in [-0.25, -0.2) is 15.0 Å². The Kier molecular flexibility index (Phi) is 7.58. The van der Waals surface area contributed by atoms with Gasteiger partial charge < -0.3 is 0 Å². The summed E-state index contributed by atoms with van der Waals surface area (Å²) >= 11 is 3.71. The molecule has 0 bridgehead atoms. The molecule has 270 valence electrons. The number of hydrogen-bond acceptors (Lipinski definition) is 5. The molecule has 0 saturated carbocycles. The van der Waals surface area contributed by atoms with Crippen LogP contribution in [0.1, 0.15) is 0 Å². The zero-order chi connectivity index (χ0) is 38.2. The molecule has 0 fully saturated rings. The molecule has 0 spiro atoms. The van der Waals surface area contributed by atoms with Crippen LogP contribution in [0, 0.1) is 0 Å². The maximum Gasteiger partial charge on any atom is 0.160 e. The monoisotopic (exact) mass is 773 g/mol. The summed E-state index contributed by atoms with van der Waals surface area (Å²) in [5, 5.41) is 8.61. The smallest absolute Gasteiger partial charge is 0.160 e. The SMILES string of the molecule is c1ccc(-c2nc(-c3ccc(-c4nc5ccccc5c5sc6ccccc6c45)cc3)cc(-c3ccc(-c4cccc5c4sc4ccccc45)c4ccccc34)n2)cc1. The summed E-state index contributed by atoms with van der Waals surface area (Å²) in [6, 6.07) is 67.0. The van der Waals surface area contributed by atoms with Gasteiger partial charge in [0.15, 0.2) is 5.82 Å². The average molecular weight is 774 g/mol. The van der Waals surface area contributed by atoms with E-state index in [2.05, 4.69) is 170 Å². The molecule has 0 aliphatic carbocycles. The first-order valence-electron chi connectivity index (χ1n) is 19.4. The predicted molar refractivity (Wildman–Crippen MR) is 248 cm³/mol. The van der Waals surface area contributed by atoms with Crippen LogP contribution in [-0.4, -0.2) is 15.0 Å². The summed E-state index contributed by atoms with van der Waals surface area (Å²) in [4.78, 5) is 15.7. The van der Waals surface area contributed by atoms with Crippen molar-refractivity contribution in [1.82, 2.24) is 15.0 Å². The molecule has 0 radical (unpaired) electrons. The van der Waals surface area contributed by atoms with Crippen molar-refractivity contribution in [3.8, 4) is 56.3 Å². The molecule has 0 amide bonds. The van der Waals surface area contributed by atoms with Gasteiger partial charge in [-0.3, -0.25) is 0 Å². The molecule has 3 nitrogen and oxygen atoms in total. The first-order chi connectivity index (χ1) is 28.7. The maximum atomic E-state index is 5.27. The van der Waals surface area contributed by atoms with Gasteiger partial charge in [0.25, 0.3) is 0 Å². The second-order valence-corrected chi connectivity index (χ2v) is 16.8. The number of hydrogen-bond donors (Lipinski definition) is 0. The van der Waals surface area contributed by atoms with Gasteiger partial charge in [0.2, 0.25) is 0 Å². The number of para-hydroxylation sites is 1. The van der Waals surface area contributed by atoms with E-state index in [1.165, 1.54) is 62.2 Å². The molecular formula is C53H31N3S2. The summed E-state index contributed by atoms with van der Waals surface area (Å²) in [5.74, 6) is 0.697. The number of nitrogens with zero attached hydrogens (tertiary/aromatic N) is 3. The minimum absolute atomic E-state index is 0.697. The molecule has 0 aliphatic heterocycles. The number of fused-ring (bicyclic) bond motifs is 9. The van der Waals surface area contributed by atoms with Crippen molar-refractivity contribution in [1.29, 1.82) is 0 Å². The number of thiophene rings is 2. The topological polar surface area (TPSA) is 38.7 Å². The van der Waals surface area contributed by atoms with Gasteiger partial charge in [0, 0.05) is 73.5 Å². The zero-order valence-corrected chi connectivity index (χ0v) is 32.7. The Morgan fingerprint density at radius 3 is 1.72 bits per heavy atom. The van der Waals surface area contributed by atoms with Crippen molar-refractivity contribution in [2.45, 2.75) is 0 Å². The lowest BCUT2D eigenvalue weighted by atomic mass is 9.92. The molecule has 12 rings (SSSR count). The lowest BCUT2D eigenvalue weighted by Crippen LogP contribution is -1.97. The molecule has 0 unspecified atom stereocenters. The quantitative estimate of drug-likeness (QED) is 0.175. The predicted octanol–water partition coefficient (Wildman–Crippen LogP) is 15.2. The lowest BCUT2D eigenvalue weighted by molar-refractivity contribution is 1.18. The third kappa shape index (κ3) is 5.28. The first-order valence-corrected chi connectivity index (χ1v) is 21.1. The van der Waals surface area contributed by atoms with Crippen molar-refractivity contribution >= 4 is 84.7 Å². The number of rotatable bonds is 5. The van der Waals surface area contributed by atoms with E-state index < -0.39 is 0 Å². The molecule has 4 aromatic heterocycles. The fourth-order valence-electron chi connectivity index (χ4n) is 8.58. The minimum atomic E-state index is 0.697. The third-order valence-corrected chi connectivity index (χ3v) is 13.7. The van der Waals surface area contributed by atoms with Crippen molar-refractivity contribution in [2.75, 3.05) is 0 Å². The van der Waals surface area contributed by atoms with Gasteiger partial charge in [-0.2, -0.15) is 0 Å². The molecule has 0 N–H and O–H groups in total. The molecule has 58 heavy (non-hydrogen) atoms. The Labute approximate surface area is 342 Å². The van der Waals surface area contributed by atoms with E-state index in [9.17, 15) is 0 Å². The summed E-state index contributed by atoms with van der Waals surface area (Å²) in [6.07, 6.45) is 0. The number of benzene rings is 8. The van der Waals surface area contributed by atoms with E-state index in [0.29, 0.717) is 5.82 Å². The summed E-state index contributed by atoms with van der Waals surface area (Å²) < 4.78 is 5.17.